The minimum Gasteiger partial charge on any atom is -0.454 e. The third kappa shape index (κ3) is 3.17. The first-order valence-corrected chi connectivity index (χ1v) is 6.09. The van der Waals surface area contributed by atoms with Crippen molar-refractivity contribution >= 4 is 22.6 Å². The number of benzene rings is 2. The molecule has 17 heavy (non-hydrogen) atoms. The smallest absolute Gasteiger partial charge is 0.166 e. The Morgan fingerprint density at radius 3 is 2.41 bits per heavy atom. The van der Waals surface area contributed by atoms with Crippen molar-refractivity contribution in [3.05, 3.63) is 57.4 Å². The van der Waals surface area contributed by atoms with Crippen molar-refractivity contribution in [2.45, 2.75) is 6.61 Å². The van der Waals surface area contributed by atoms with E-state index in [1.54, 1.807) is 18.2 Å². The molecular weight excluding hydrogens is 334 g/mol. The second kappa shape index (κ2) is 5.46. The molecule has 2 rings (SSSR count). The Morgan fingerprint density at radius 1 is 1.12 bits per heavy atom. The van der Waals surface area contributed by atoms with Crippen molar-refractivity contribution in [1.82, 2.24) is 0 Å². The average Bonchev–Trinajstić information content (AvgIpc) is 2.34. The van der Waals surface area contributed by atoms with E-state index in [1.807, 2.05) is 12.1 Å². The fourth-order valence-electron chi connectivity index (χ4n) is 1.36. The van der Waals surface area contributed by atoms with Crippen molar-refractivity contribution in [3.8, 4) is 11.5 Å². The summed E-state index contributed by atoms with van der Waals surface area (Å²) in [6.45, 7) is -0.180. The molecule has 88 valence electrons. The van der Waals surface area contributed by atoms with Crippen molar-refractivity contribution < 1.29 is 14.2 Å². The average molecular weight is 344 g/mol. The lowest BCUT2D eigenvalue weighted by molar-refractivity contribution is 0.281. The van der Waals surface area contributed by atoms with Crippen LogP contribution in [0.5, 0.6) is 11.5 Å². The van der Waals surface area contributed by atoms with Crippen LogP contribution in [0.15, 0.2) is 42.5 Å². The molecule has 0 aromatic heterocycles. The highest BCUT2D eigenvalue weighted by molar-refractivity contribution is 14.1. The monoisotopic (exact) mass is 344 g/mol. The highest BCUT2D eigenvalue weighted by atomic mass is 127. The zero-order valence-electron chi connectivity index (χ0n) is 8.86. The van der Waals surface area contributed by atoms with Gasteiger partial charge in [-0.05, 0) is 64.6 Å². The van der Waals surface area contributed by atoms with E-state index in [9.17, 15) is 4.39 Å². The largest absolute Gasteiger partial charge is 0.454 e. The number of aliphatic hydroxyl groups excluding tert-OH is 1. The molecule has 0 heterocycles. The number of halogens is 2. The van der Waals surface area contributed by atoms with Crippen molar-refractivity contribution in [2.75, 3.05) is 0 Å². The molecule has 0 radical (unpaired) electrons. The molecule has 0 unspecified atom stereocenters. The Labute approximate surface area is 112 Å². The summed E-state index contributed by atoms with van der Waals surface area (Å²) in [4.78, 5) is 0. The van der Waals surface area contributed by atoms with Gasteiger partial charge in [-0.25, -0.2) is 4.39 Å². The Hall–Kier alpha value is -1.14. The van der Waals surface area contributed by atoms with Crippen LogP contribution in [0.3, 0.4) is 0 Å². The van der Waals surface area contributed by atoms with Gasteiger partial charge in [-0.2, -0.15) is 0 Å². The van der Waals surface area contributed by atoms with Crippen LogP contribution in [0.2, 0.25) is 0 Å². The standard InChI is InChI=1S/C13H10FIO2/c14-12-7-9(8-16)1-6-13(12)17-11-4-2-10(15)3-5-11/h1-7,16H,8H2. The van der Waals surface area contributed by atoms with Crippen LogP contribution in [0.4, 0.5) is 4.39 Å². The van der Waals surface area contributed by atoms with Gasteiger partial charge in [0.2, 0.25) is 0 Å². The summed E-state index contributed by atoms with van der Waals surface area (Å²) < 4.78 is 20.1. The fourth-order valence-corrected chi connectivity index (χ4v) is 1.71. The fraction of sp³-hybridized carbons (Fsp3) is 0.0769. The molecule has 0 atom stereocenters. The maximum absolute atomic E-state index is 13.6. The van der Waals surface area contributed by atoms with Crippen LogP contribution in [0.1, 0.15) is 5.56 Å². The van der Waals surface area contributed by atoms with Crippen LogP contribution in [-0.2, 0) is 6.61 Å². The molecule has 0 saturated carbocycles. The van der Waals surface area contributed by atoms with Crippen LogP contribution in [-0.4, -0.2) is 5.11 Å². The third-order valence-electron chi connectivity index (χ3n) is 2.22. The van der Waals surface area contributed by atoms with Gasteiger partial charge in [0, 0.05) is 3.57 Å². The Kier molecular flexibility index (Phi) is 3.96. The molecule has 0 aliphatic heterocycles. The molecule has 2 aromatic carbocycles. The molecule has 0 aliphatic rings. The van der Waals surface area contributed by atoms with E-state index >= 15 is 0 Å². The van der Waals surface area contributed by atoms with Crippen molar-refractivity contribution in [1.29, 1.82) is 0 Å². The van der Waals surface area contributed by atoms with Gasteiger partial charge < -0.3 is 9.84 Å². The van der Waals surface area contributed by atoms with Gasteiger partial charge in [-0.15, -0.1) is 0 Å². The molecule has 0 saturated heterocycles. The summed E-state index contributed by atoms with van der Waals surface area (Å²) in [6.07, 6.45) is 0. The van der Waals surface area contributed by atoms with Crippen LogP contribution in [0.25, 0.3) is 0 Å². The first-order valence-electron chi connectivity index (χ1n) is 5.02. The van der Waals surface area contributed by atoms with E-state index in [1.165, 1.54) is 12.1 Å². The van der Waals surface area contributed by atoms with Crippen LogP contribution in [0, 0.1) is 9.39 Å². The zero-order valence-corrected chi connectivity index (χ0v) is 11.0. The minimum absolute atomic E-state index is 0.156. The van der Waals surface area contributed by atoms with E-state index in [0.717, 1.165) is 3.57 Å². The molecule has 2 aromatic rings. The third-order valence-corrected chi connectivity index (χ3v) is 2.94. The van der Waals surface area contributed by atoms with Gasteiger partial charge in [-0.3, -0.25) is 0 Å². The Morgan fingerprint density at radius 2 is 1.82 bits per heavy atom. The molecule has 0 aliphatic carbocycles. The molecule has 0 amide bonds. The maximum atomic E-state index is 13.6. The molecule has 4 heteroatoms. The van der Waals surface area contributed by atoms with Crippen molar-refractivity contribution in [3.63, 3.8) is 0 Å². The number of aliphatic hydroxyl groups is 1. The van der Waals surface area contributed by atoms with Gasteiger partial charge in [0.05, 0.1) is 6.61 Å². The van der Waals surface area contributed by atoms with Gasteiger partial charge in [-0.1, -0.05) is 6.07 Å². The lowest BCUT2D eigenvalue weighted by atomic mass is 10.2. The highest BCUT2D eigenvalue weighted by Gasteiger charge is 2.05. The maximum Gasteiger partial charge on any atom is 0.166 e. The Balaban J connectivity index is 2.21. The molecule has 0 bridgehead atoms. The van der Waals surface area contributed by atoms with E-state index in [0.29, 0.717) is 11.3 Å². The second-order valence-electron chi connectivity index (χ2n) is 3.48. The van der Waals surface area contributed by atoms with E-state index in [-0.39, 0.29) is 12.4 Å². The minimum atomic E-state index is -0.477. The predicted octanol–water partition coefficient (Wildman–Crippen LogP) is 3.71. The summed E-state index contributed by atoms with van der Waals surface area (Å²) in [5.41, 5.74) is 0.525. The topological polar surface area (TPSA) is 29.5 Å². The summed E-state index contributed by atoms with van der Waals surface area (Å²) in [5, 5.41) is 8.86. The summed E-state index contributed by atoms with van der Waals surface area (Å²) >= 11 is 2.19. The summed E-state index contributed by atoms with van der Waals surface area (Å²) in [6, 6.07) is 11.7. The van der Waals surface area contributed by atoms with E-state index in [2.05, 4.69) is 22.6 Å². The van der Waals surface area contributed by atoms with Gasteiger partial charge in [0.1, 0.15) is 5.75 Å². The van der Waals surface area contributed by atoms with Gasteiger partial charge in [0.25, 0.3) is 0 Å². The molecule has 0 spiro atoms. The summed E-state index contributed by atoms with van der Waals surface area (Å²) in [5.74, 6) is 0.263. The normalized spacial score (nSPS) is 10.3. The number of hydrogen-bond donors (Lipinski definition) is 1. The zero-order chi connectivity index (χ0) is 12.3. The molecule has 1 N–H and O–H groups in total. The first kappa shape index (κ1) is 12.3. The summed E-state index contributed by atoms with van der Waals surface area (Å²) in [7, 11) is 0. The van der Waals surface area contributed by atoms with E-state index < -0.39 is 5.82 Å². The quantitative estimate of drug-likeness (QED) is 0.861. The number of rotatable bonds is 3. The lowest BCUT2D eigenvalue weighted by Crippen LogP contribution is -1.91. The number of ether oxygens (including phenoxy) is 1. The number of hydrogen-bond acceptors (Lipinski definition) is 2. The van der Waals surface area contributed by atoms with Crippen molar-refractivity contribution in [2.24, 2.45) is 0 Å². The van der Waals surface area contributed by atoms with Gasteiger partial charge in [0.15, 0.2) is 11.6 Å². The van der Waals surface area contributed by atoms with E-state index in [4.69, 9.17) is 9.84 Å². The van der Waals surface area contributed by atoms with Crippen LogP contribution >= 0.6 is 22.6 Å². The molecule has 2 nitrogen and oxygen atoms in total. The first-order chi connectivity index (χ1) is 8.19. The molecular formula is C13H10FIO2. The SMILES string of the molecule is OCc1ccc(Oc2ccc(I)cc2)c(F)c1. The predicted molar refractivity (Wildman–Crippen MR) is 71.6 cm³/mol. The van der Waals surface area contributed by atoms with Crippen LogP contribution < -0.4 is 4.74 Å². The highest BCUT2D eigenvalue weighted by Crippen LogP contribution is 2.25. The van der Waals surface area contributed by atoms with Gasteiger partial charge >= 0.3 is 0 Å². The Bertz CT molecular complexity index is 511. The second-order valence-corrected chi connectivity index (χ2v) is 4.72. The lowest BCUT2D eigenvalue weighted by Gasteiger charge is -2.07. The molecule has 0 fully saturated rings.